The predicted octanol–water partition coefficient (Wildman–Crippen LogP) is -0.805. The SMILES string of the molecule is Cc1ccc2n[nH]nc2c1.O=C(O)CN(CCN(CC(=O)O)CC(=O)O)CC(=O)O. The molecule has 0 bridgehead atoms. The molecule has 0 saturated heterocycles. The number of H-pyrrole nitrogens is 1. The molecular formula is C17H23N5O8. The van der Waals surface area contributed by atoms with Gasteiger partial charge in [0.25, 0.3) is 0 Å². The van der Waals surface area contributed by atoms with Crippen molar-refractivity contribution in [2.45, 2.75) is 6.92 Å². The van der Waals surface area contributed by atoms with E-state index in [4.69, 9.17) is 20.4 Å². The summed E-state index contributed by atoms with van der Waals surface area (Å²) < 4.78 is 0. The monoisotopic (exact) mass is 425 g/mol. The minimum atomic E-state index is -1.23. The standard InChI is InChI=1S/C10H16N2O8.C7H7N3/c13-7(14)3-11(4-8(15)16)1-2-12(5-9(17)18)6-10(19)20;1-5-2-3-6-7(4-5)9-10-8-6/h1-6H2,(H,13,14)(H,15,16)(H,17,18)(H,19,20);2-4H,1H3,(H,8,9,10). The smallest absolute Gasteiger partial charge is 0.317 e. The Morgan fingerprint density at radius 2 is 1.17 bits per heavy atom. The van der Waals surface area contributed by atoms with Crippen LogP contribution in [0.2, 0.25) is 0 Å². The van der Waals surface area contributed by atoms with Crippen LogP contribution in [0, 0.1) is 6.92 Å². The number of carboxylic acids is 4. The number of aromatic nitrogens is 3. The molecule has 13 nitrogen and oxygen atoms in total. The normalized spacial score (nSPS) is 10.6. The van der Waals surface area contributed by atoms with E-state index in [0.29, 0.717) is 0 Å². The van der Waals surface area contributed by atoms with Crippen molar-refractivity contribution in [2.75, 3.05) is 39.3 Å². The first-order chi connectivity index (χ1) is 14.1. The van der Waals surface area contributed by atoms with Crippen molar-refractivity contribution in [1.82, 2.24) is 25.2 Å². The lowest BCUT2D eigenvalue weighted by molar-refractivity contribution is -0.145. The van der Waals surface area contributed by atoms with Crippen LogP contribution >= 0.6 is 0 Å². The molecule has 5 N–H and O–H groups in total. The molecule has 2 rings (SSSR count). The highest BCUT2D eigenvalue weighted by Gasteiger charge is 2.18. The highest BCUT2D eigenvalue weighted by atomic mass is 16.4. The molecule has 0 aliphatic rings. The Balaban J connectivity index is 0.000000367. The summed E-state index contributed by atoms with van der Waals surface area (Å²) in [6.45, 7) is -0.215. The first kappa shape index (κ1) is 24.5. The Hall–Kier alpha value is -3.58. The number of aryl methyl sites for hydroxylation is 1. The van der Waals surface area contributed by atoms with Gasteiger partial charge in [-0.2, -0.15) is 15.4 Å². The Bertz CT molecular complexity index is 816. The zero-order valence-corrected chi connectivity index (χ0v) is 16.2. The number of aliphatic carboxylic acids is 4. The van der Waals surface area contributed by atoms with Crippen LogP contribution < -0.4 is 0 Å². The lowest BCUT2D eigenvalue weighted by Gasteiger charge is -2.23. The van der Waals surface area contributed by atoms with Gasteiger partial charge < -0.3 is 20.4 Å². The number of carbonyl (C=O) groups is 4. The van der Waals surface area contributed by atoms with Gasteiger partial charge in [-0.1, -0.05) is 6.07 Å². The number of benzene rings is 1. The van der Waals surface area contributed by atoms with Crippen molar-refractivity contribution in [3.05, 3.63) is 23.8 Å². The second-order valence-electron chi connectivity index (χ2n) is 6.31. The molecule has 0 unspecified atom stereocenters. The Morgan fingerprint density at radius 3 is 1.57 bits per heavy atom. The molecule has 2 aromatic rings. The van der Waals surface area contributed by atoms with Crippen LogP contribution in [0.4, 0.5) is 0 Å². The van der Waals surface area contributed by atoms with Crippen LogP contribution in [0.25, 0.3) is 11.0 Å². The third-order valence-corrected chi connectivity index (χ3v) is 3.64. The predicted molar refractivity (Wildman–Crippen MR) is 102 cm³/mol. The molecular weight excluding hydrogens is 402 g/mol. The van der Waals surface area contributed by atoms with Crippen LogP contribution in [0.15, 0.2) is 18.2 Å². The minimum absolute atomic E-state index is 0.0703. The van der Waals surface area contributed by atoms with Crippen LogP contribution in [0.3, 0.4) is 0 Å². The van der Waals surface area contributed by atoms with E-state index in [1.807, 2.05) is 25.1 Å². The van der Waals surface area contributed by atoms with E-state index in [9.17, 15) is 19.2 Å². The number of hydrogen-bond donors (Lipinski definition) is 5. The van der Waals surface area contributed by atoms with Crippen molar-refractivity contribution >= 4 is 34.9 Å². The first-order valence-electron chi connectivity index (χ1n) is 8.65. The topological polar surface area (TPSA) is 197 Å². The first-order valence-corrected chi connectivity index (χ1v) is 8.65. The molecule has 164 valence electrons. The fraction of sp³-hybridized carbons (Fsp3) is 0.412. The van der Waals surface area contributed by atoms with Gasteiger partial charge in [0.05, 0.1) is 26.2 Å². The summed E-state index contributed by atoms with van der Waals surface area (Å²) in [5.74, 6) is -4.91. The number of hydrogen-bond acceptors (Lipinski definition) is 8. The fourth-order valence-corrected chi connectivity index (χ4v) is 2.43. The van der Waals surface area contributed by atoms with E-state index in [1.54, 1.807) is 0 Å². The Kier molecular flexibility index (Phi) is 9.85. The third kappa shape index (κ3) is 10.1. The zero-order valence-electron chi connectivity index (χ0n) is 16.2. The van der Waals surface area contributed by atoms with Gasteiger partial charge in [-0.05, 0) is 24.6 Å². The van der Waals surface area contributed by atoms with E-state index in [-0.39, 0.29) is 13.1 Å². The van der Waals surface area contributed by atoms with Crippen LogP contribution in [-0.2, 0) is 19.2 Å². The molecule has 0 saturated carbocycles. The van der Waals surface area contributed by atoms with Crippen molar-refractivity contribution in [3.63, 3.8) is 0 Å². The maximum atomic E-state index is 10.6. The Morgan fingerprint density at radius 1 is 0.767 bits per heavy atom. The molecule has 1 aromatic heterocycles. The highest BCUT2D eigenvalue weighted by molar-refractivity contribution is 5.74. The van der Waals surface area contributed by atoms with Gasteiger partial charge in [-0.15, -0.1) is 0 Å². The summed E-state index contributed by atoms with van der Waals surface area (Å²) in [6.07, 6.45) is 0. The van der Waals surface area contributed by atoms with Crippen LogP contribution in [0.1, 0.15) is 5.56 Å². The van der Waals surface area contributed by atoms with Gasteiger partial charge in [-0.3, -0.25) is 29.0 Å². The van der Waals surface area contributed by atoms with Crippen LogP contribution in [-0.4, -0.2) is 109 Å². The second kappa shape index (κ2) is 12.1. The van der Waals surface area contributed by atoms with Crippen molar-refractivity contribution in [2.24, 2.45) is 0 Å². The highest BCUT2D eigenvalue weighted by Crippen LogP contribution is 2.08. The third-order valence-electron chi connectivity index (χ3n) is 3.64. The maximum absolute atomic E-state index is 10.6. The summed E-state index contributed by atoms with van der Waals surface area (Å²) in [7, 11) is 0. The maximum Gasteiger partial charge on any atom is 0.317 e. The number of carboxylic acid groups (broad SMARTS) is 4. The summed E-state index contributed by atoms with van der Waals surface area (Å²) in [5.41, 5.74) is 3.06. The lowest BCUT2D eigenvalue weighted by atomic mass is 10.2. The second-order valence-corrected chi connectivity index (χ2v) is 6.31. The van der Waals surface area contributed by atoms with Crippen molar-refractivity contribution in [3.8, 4) is 0 Å². The summed E-state index contributed by atoms with van der Waals surface area (Å²) >= 11 is 0. The van der Waals surface area contributed by atoms with E-state index in [1.165, 1.54) is 5.56 Å². The molecule has 0 radical (unpaired) electrons. The largest absolute Gasteiger partial charge is 0.480 e. The van der Waals surface area contributed by atoms with Gasteiger partial charge in [-0.25, -0.2) is 0 Å². The molecule has 1 heterocycles. The quantitative estimate of drug-likeness (QED) is 0.301. The van der Waals surface area contributed by atoms with Crippen molar-refractivity contribution in [1.29, 1.82) is 0 Å². The molecule has 0 amide bonds. The summed E-state index contributed by atoms with van der Waals surface area (Å²) in [4.78, 5) is 44.4. The number of nitrogens with one attached hydrogen (secondary N) is 1. The molecule has 0 spiro atoms. The zero-order chi connectivity index (χ0) is 22.7. The van der Waals surface area contributed by atoms with Gasteiger partial charge in [0, 0.05) is 13.1 Å². The number of rotatable bonds is 11. The van der Waals surface area contributed by atoms with Gasteiger partial charge >= 0.3 is 23.9 Å². The summed E-state index contributed by atoms with van der Waals surface area (Å²) in [6, 6.07) is 5.97. The van der Waals surface area contributed by atoms with E-state index in [2.05, 4.69) is 15.4 Å². The number of nitrogens with zero attached hydrogens (tertiary/aromatic N) is 4. The van der Waals surface area contributed by atoms with E-state index < -0.39 is 50.1 Å². The van der Waals surface area contributed by atoms with Gasteiger partial charge in [0.15, 0.2) is 0 Å². The molecule has 13 heteroatoms. The lowest BCUT2D eigenvalue weighted by Crippen LogP contribution is -2.43. The van der Waals surface area contributed by atoms with Crippen LogP contribution in [0.5, 0.6) is 0 Å². The Labute approximate surface area is 170 Å². The van der Waals surface area contributed by atoms with Crippen molar-refractivity contribution < 1.29 is 39.6 Å². The molecule has 0 fully saturated rings. The molecule has 0 aliphatic carbocycles. The molecule has 30 heavy (non-hydrogen) atoms. The average molecular weight is 425 g/mol. The summed E-state index contributed by atoms with van der Waals surface area (Å²) in [5, 5.41) is 44.9. The number of aromatic amines is 1. The molecule has 0 aliphatic heterocycles. The van der Waals surface area contributed by atoms with Gasteiger partial charge in [0.2, 0.25) is 0 Å². The minimum Gasteiger partial charge on any atom is -0.480 e. The number of fused-ring (bicyclic) bond motifs is 1. The average Bonchev–Trinajstić information content (AvgIpc) is 3.05. The van der Waals surface area contributed by atoms with E-state index >= 15 is 0 Å². The van der Waals surface area contributed by atoms with E-state index in [0.717, 1.165) is 20.8 Å². The van der Waals surface area contributed by atoms with Gasteiger partial charge in [0.1, 0.15) is 11.0 Å². The fourth-order valence-electron chi connectivity index (χ4n) is 2.43. The molecule has 0 atom stereocenters. The molecule has 1 aromatic carbocycles.